The van der Waals surface area contributed by atoms with Gasteiger partial charge < -0.3 is 5.11 Å². The van der Waals surface area contributed by atoms with Crippen LogP contribution in [-0.2, 0) is 0 Å². The monoisotopic (exact) mass is 267 g/mol. The van der Waals surface area contributed by atoms with Crippen LogP contribution in [0.3, 0.4) is 0 Å². The van der Waals surface area contributed by atoms with Gasteiger partial charge in [0, 0.05) is 12.6 Å². The van der Waals surface area contributed by atoms with Crippen molar-refractivity contribution in [2.24, 2.45) is 23.2 Å². The van der Waals surface area contributed by atoms with Gasteiger partial charge in [-0.15, -0.1) is 0 Å². The minimum atomic E-state index is -0.0980. The Labute approximate surface area is 119 Å². The van der Waals surface area contributed by atoms with Crippen molar-refractivity contribution in [2.45, 2.75) is 72.4 Å². The van der Waals surface area contributed by atoms with Gasteiger partial charge in [-0.1, -0.05) is 34.6 Å². The van der Waals surface area contributed by atoms with Gasteiger partial charge in [-0.05, 0) is 55.4 Å². The molecule has 0 aromatic carbocycles. The summed E-state index contributed by atoms with van der Waals surface area (Å²) in [7, 11) is 0. The molecule has 2 nitrogen and oxygen atoms in total. The second-order valence-corrected chi connectivity index (χ2v) is 8.25. The van der Waals surface area contributed by atoms with Crippen molar-refractivity contribution in [3.63, 3.8) is 0 Å². The molecule has 5 unspecified atom stereocenters. The van der Waals surface area contributed by atoms with Gasteiger partial charge in [0.15, 0.2) is 0 Å². The molecule has 2 rings (SSSR count). The molecule has 1 saturated heterocycles. The first-order valence-electron chi connectivity index (χ1n) is 8.21. The normalized spacial score (nSPS) is 42.3. The molecule has 1 heterocycles. The molecule has 1 saturated carbocycles. The lowest BCUT2D eigenvalue weighted by Gasteiger charge is -2.47. The molecule has 0 spiro atoms. The number of aliphatic hydroxyl groups excluding tert-OH is 1. The van der Waals surface area contributed by atoms with Gasteiger partial charge in [-0.2, -0.15) is 0 Å². The van der Waals surface area contributed by atoms with Crippen LogP contribution in [0.1, 0.15) is 60.3 Å². The van der Waals surface area contributed by atoms with Crippen molar-refractivity contribution in [1.82, 2.24) is 4.90 Å². The Morgan fingerprint density at radius 3 is 2.26 bits per heavy atom. The summed E-state index contributed by atoms with van der Waals surface area (Å²) in [6.45, 7) is 14.2. The van der Waals surface area contributed by atoms with E-state index in [1.54, 1.807) is 0 Å². The predicted octanol–water partition coefficient (Wildman–Crippen LogP) is 3.54. The van der Waals surface area contributed by atoms with E-state index in [2.05, 4.69) is 39.5 Å². The molecule has 0 bridgehead atoms. The van der Waals surface area contributed by atoms with E-state index in [9.17, 15) is 5.11 Å². The average molecular weight is 267 g/mol. The highest BCUT2D eigenvalue weighted by atomic mass is 16.3. The summed E-state index contributed by atoms with van der Waals surface area (Å²) < 4.78 is 0. The predicted molar refractivity (Wildman–Crippen MR) is 81.1 cm³/mol. The maximum absolute atomic E-state index is 10.4. The number of piperidine rings is 1. The molecule has 0 aromatic heterocycles. The van der Waals surface area contributed by atoms with Gasteiger partial charge in [0.2, 0.25) is 0 Å². The van der Waals surface area contributed by atoms with E-state index in [0.29, 0.717) is 11.5 Å². The lowest BCUT2D eigenvalue weighted by Crippen LogP contribution is -2.53. The molecule has 0 amide bonds. The summed E-state index contributed by atoms with van der Waals surface area (Å²) in [5, 5.41) is 10.4. The third kappa shape index (κ3) is 3.52. The summed E-state index contributed by atoms with van der Waals surface area (Å²) in [6.07, 6.45) is 4.57. The summed E-state index contributed by atoms with van der Waals surface area (Å²) in [5.41, 5.74) is 0.382. The number of rotatable bonds is 1. The minimum Gasteiger partial charge on any atom is -0.391 e. The van der Waals surface area contributed by atoms with E-state index in [1.807, 2.05) is 0 Å². The molecule has 2 aliphatic rings. The third-order valence-electron chi connectivity index (χ3n) is 5.84. The molecular weight excluding hydrogens is 234 g/mol. The van der Waals surface area contributed by atoms with Crippen LogP contribution in [0.2, 0.25) is 0 Å². The maximum atomic E-state index is 10.4. The van der Waals surface area contributed by atoms with E-state index in [-0.39, 0.29) is 6.10 Å². The first-order chi connectivity index (χ1) is 8.79. The van der Waals surface area contributed by atoms with E-state index >= 15 is 0 Å². The highest BCUT2D eigenvalue weighted by molar-refractivity contribution is 4.92. The van der Waals surface area contributed by atoms with Crippen LogP contribution in [0.15, 0.2) is 0 Å². The zero-order chi connectivity index (χ0) is 14.2. The number of hydrogen-bond acceptors (Lipinski definition) is 2. The van der Waals surface area contributed by atoms with Crippen molar-refractivity contribution in [1.29, 1.82) is 0 Å². The standard InChI is InChI=1S/C17H33NO/c1-12-8-9-18(11-13(12)2)15-10-14(17(3,4)5)6-7-16(15)19/h12-16,19H,6-11H2,1-5H3. The quantitative estimate of drug-likeness (QED) is 0.785. The number of aliphatic hydroxyl groups is 1. The van der Waals surface area contributed by atoms with Gasteiger partial charge >= 0.3 is 0 Å². The zero-order valence-corrected chi connectivity index (χ0v) is 13.5. The number of nitrogens with zero attached hydrogens (tertiary/aromatic N) is 1. The van der Waals surface area contributed by atoms with Crippen molar-refractivity contribution in [3.8, 4) is 0 Å². The van der Waals surface area contributed by atoms with Gasteiger partial charge in [-0.25, -0.2) is 0 Å². The fourth-order valence-electron chi connectivity index (χ4n) is 3.91. The zero-order valence-electron chi connectivity index (χ0n) is 13.5. The Morgan fingerprint density at radius 2 is 1.68 bits per heavy atom. The fraction of sp³-hybridized carbons (Fsp3) is 1.00. The molecule has 19 heavy (non-hydrogen) atoms. The van der Waals surface area contributed by atoms with Gasteiger partial charge in [0.05, 0.1) is 6.10 Å². The molecule has 0 aromatic rings. The van der Waals surface area contributed by atoms with Crippen LogP contribution in [0.5, 0.6) is 0 Å². The Bertz CT molecular complexity index is 296. The summed E-state index contributed by atoms with van der Waals surface area (Å²) >= 11 is 0. The Balaban J connectivity index is 2.01. The molecule has 2 fully saturated rings. The van der Waals surface area contributed by atoms with Crippen molar-refractivity contribution in [3.05, 3.63) is 0 Å². The molecule has 1 N–H and O–H groups in total. The Morgan fingerprint density at radius 1 is 1.00 bits per heavy atom. The molecule has 0 radical (unpaired) electrons. The maximum Gasteiger partial charge on any atom is 0.0695 e. The van der Waals surface area contributed by atoms with Crippen molar-refractivity contribution < 1.29 is 5.11 Å². The largest absolute Gasteiger partial charge is 0.391 e. The summed E-state index contributed by atoms with van der Waals surface area (Å²) in [5.74, 6) is 2.38. The van der Waals surface area contributed by atoms with E-state index in [0.717, 1.165) is 24.2 Å². The van der Waals surface area contributed by atoms with E-state index in [4.69, 9.17) is 0 Å². The van der Waals surface area contributed by atoms with Crippen LogP contribution >= 0.6 is 0 Å². The smallest absolute Gasteiger partial charge is 0.0695 e. The number of likely N-dealkylation sites (tertiary alicyclic amines) is 1. The molecule has 5 atom stereocenters. The number of hydrogen-bond donors (Lipinski definition) is 1. The van der Waals surface area contributed by atoms with Crippen LogP contribution < -0.4 is 0 Å². The van der Waals surface area contributed by atoms with Gasteiger partial charge in [0.25, 0.3) is 0 Å². The fourth-order valence-corrected chi connectivity index (χ4v) is 3.91. The lowest BCUT2D eigenvalue weighted by atomic mass is 9.69. The SMILES string of the molecule is CC1CCN(C2CC(C(C)(C)C)CCC2O)CC1C. The van der Waals surface area contributed by atoms with E-state index in [1.165, 1.54) is 32.4 Å². The molecule has 112 valence electrons. The molecule has 1 aliphatic carbocycles. The highest BCUT2D eigenvalue weighted by Gasteiger charge is 2.39. The highest BCUT2D eigenvalue weighted by Crippen LogP contribution is 2.40. The molecular formula is C17H33NO. The van der Waals surface area contributed by atoms with Crippen LogP contribution in [0.25, 0.3) is 0 Å². The minimum absolute atomic E-state index is 0.0980. The first-order valence-corrected chi connectivity index (χ1v) is 8.21. The van der Waals surface area contributed by atoms with Gasteiger partial charge in [0.1, 0.15) is 0 Å². The average Bonchev–Trinajstić information content (AvgIpc) is 2.32. The van der Waals surface area contributed by atoms with Crippen LogP contribution in [0, 0.1) is 23.2 Å². The van der Waals surface area contributed by atoms with Crippen LogP contribution in [0.4, 0.5) is 0 Å². The second kappa shape index (κ2) is 5.73. The first kappa shape index (κ1) is 15.3. The second-order valence-electron chi connectivity index (χ2n) is 8.25. The van der Waals surface area contributed by atoms with Crippen molar-refractivity contribution in [2.75, 3.05) is 13.1 Å². The van der Waals surface area contributed by atoms with Crippen LogP contribution in [-0.4, -0.2) is 35.2 Å². The topological polar surface area (TPSA) is 23.5 Å². The summed E-state index contributed by atoms with van der Waals surface area (Å²) in [6, 6.07) is 0.410. The van der Waals surface area contributed by atoms with E-state index < -0.39 is 0 Å². The lowest BCUT2D eigenvalue weighted by molar-refractivity contribution is -0.0365. The van der Waals surface area contributed by atoms with Crippen molar-refractivity contribution >= 4 is 0 Å². The Hall–Kier alpha value is -0.0800. The van der Waals surface area contributed by atoms with Gasteiger partial charge in [-0.3, -0.25) is 4.90 Å². The Kier molecular flexibility index (Phi) is 4.62. The third-order valence-corrected chi connectivity index (χ3v) is 5.84. The molecule has 2 heteroatoms. The summed E-state index contributed by atoms with van der Waals surface area (Å²) in [4.78, 5) is 2.59. The molecule has 1 aliphatic heterocycles.